The molecule has 0 aliphatic rings. The van der Waals surface area contributed by atoms with Gasteiger partial charge in [0.2, 0.25) is 0 Å². The van der Waals surface area contributed by atoms with Crippen molar-refractivity contribution in [3.8, 4) is 5.69 Å². The van der Waals surface area contributed by atoms with Gasteiger partial charge < -0.3 is 9.97 Å². The van der Waals surface area contributed by atoms with E-state index in [0.717, 1.165) is 16.9 Å². The topological polar surface area (TPSA) is 98.8 Å². The summed E-state index contributed by atoms with van der Waals surface area (Å²) in [6, 6.07) is 11.2. The number of aryl methyl sites for hydroxylation is 2. The van der Waals surface area contributed by atoms with Crippen LogP contribution in [-0.4, -0.2) is 26.0 Å². The Kier molecular flexibility index (Phi) is 4.19. The van der Waals surface area contributed by atoms with Gasteiger partial charge in [-0.1, -0.05) is 17.7 Å². The largest absolute Gasteiger partial charge is 0.323 e. The van der Waals surface area contributed by atoms with Gasteiger partial charge in [-0.05, 0) is 54.0 Å². The van der Waals surface area contributed by atoms with Crippen molar-refractivity contribution in [1.29, 1.82) is 0 Å². The summed E-state index contributed by atoms with van der Waals surface area (Å²) >= 11 is 3.45. The maximum atomic E-state index is 12.8. The summed E-state index contributed by atoms with van der Waals surface area (Å²) in [5.41, 5.74) is 4.58. The van der Waals surface area contributed by atoms with Crippen LogP contribution in [0.2, 0.25) is 0 Å². The van der Waals surface area contributed by atoms with Gasteiger partial charge in [0.25, 0.3) is 5.56 Å². The predicted octanol–water partition coefficient (Wildman–Crippen LogP) is 3.47. The lowest BCUT2D eigenvalue weighted by atomic mass is 10.2. The standard InChI is InChI=1S/C19H16BrN5O2/c1-10-3-5-12(6-4-10)25-18(26)13(11(2)24-25)9-21-15-8-17-16(7-14(15)20)22-19(27)23-17/h3-9,24H,1-2H3,(H2,22,23,27). The van der Waals surface area contributed by atoms with E-state index in [-0.39, 0.29) is 11.2 Å². The second kappa shape index (κ2) is 6.55. The van der Waals surface area contributed by atoms with E-state index < -0.39 is 0 Å². The number of aromatic nitrogens is 4. The van der Waals surface area contributed by atoms with Gasteiger partial charge in [-0.2, -0.15) is 0 Å². The monoisotopic (exact) mass is 425 g/mol. The van der Waals surface area contributed by atoms with Crippen molar-refractivity contribution in [3.05, 3.63) is 78.5 Å². The Labute approximate surface area is 161 Å². The molecule has 0 radical (unpaired) electrons. The molecule has 4 rings (SSSR count). The van der Waals surface area contributed by atoms with Crippen molar-refractivity contribution < 1.29 is 0 Å². The lowest BCUT2D eigenvalue weighted by molar-refractivity contribution is 0.835. The third-order valence-electron chi connectivity index (χ3n) is 4.33. The summed E-state index contributed by atoms with van der Waals surface area (Å²) in [4.78, 5) is 34.0. The third kappa shape index (κ3) is 3.19. The van der Waals surface area contributed by atoms with Gasteiger partial charge in [-0.15, -0.1) is 0 Å². The zero-order valence-electron chi connectivity index (χ0n) is 14.6. The van der Waals surface area contributed by atoms with Gasteiger partial charge in [0.05, 0.1) is 28.0 Å². The first kappa shape index (κ1) is 17.3. The van der Waals surface area contributed by atoms with Gasteiger partial charge >= 0.3 is 5.69 Å². The molecule has 8 heteroatoms. The van der Waals surface area contributed by atoms with Gasteiger partial charge in [0.15, 0.2) is 0 Å². The highest BCUT2D eigenvalue weighted by molar-refractivity contribution is 9.10. The zero-order valence-corrected chi connectivity index (χ0v) is 16.2. The SMILES string of the molecule is Cc1ccc(-n2[nH]c(C)c(C=Nc3cc4[nH]c(=O)[nH]c4cc3Br)c2=O)cc1. The van der Waals surface area contributed by atoms with Crippen molar-refractivity contribution in [2.75, 3.05) is 0 Å². The molecule has 3 N–H and O–H groups in total. The third-order valence-corrected chi connectivity index (χ3v) is 4.96. The first-order valence-electron chi connectivity index (χ1n) is 8.26. The number of nitrogens with one attached hydrogen (secondary N) is 3. The fourth-order valence-corrected chi connectivity index (χ4v) is 3.31. The Bertz CT molecular complexity index is 1290. The molecule has 7 nitrogen and oxygen atoms in total. The number of nitrogens with zero attached hydrogens (tertiary/aromatic N) is 2. The minimum atomic E-state index is -0.277. The minimum absolute atomic E-state index is 0.174. The number of H-pyrrole nitrogens is 3. The number of hydrogen-bond donors (Lipinski definition) is 3. The first-order chi connectivity index (χ1) is 12.9. The number of halogens is 1. The van der Waals surface area contributed by atoms with Gasteiger partial charge in [0.1, 0.15) is 0 Å². The number of aliphatic imine (C=N–C) groups is 1. The molecular formula is C19H16BrN5O2. The predicted molar refractivity (Wildman–Crippen MR) is 110 cm³/mol. The molecule has 0 fully saturated rings. The van der Waals surface area contributed by atoms with Crippen molar-refractivity contribution >= 4 is 38.9 Å². The molecule has 2 aromatic carbocycles. The highest BCUT2D eigenvalue weighted by Crippen LogP contribution is 2.28. The van der Waals surface area contributed by atoms with Crippen LogP contribution in [0.3, 0.4) is 0 Å². The van der Waals surface area contributed by atoms with Crippen molar-refractivity contribution in [3.63, 3.8) is 0 Å². The minimum Gasteiger partial charge on any atom is -0.306 e. The van der Waals surface area contributed by atoms with Crippen LogP contribution in [0.5, 0.6) is 0 Å². The molecule has 0 atom stereocenters. The highest BCUT2D eigenvalue weighted by Gasteiger charge is 2.11. The van der Waals surface area contributed by atoms with Gasteiger partial charge in [0, 0.05) is 16.4 Å². The molecule has 0 aliphatic carbocycles. The molecule has 136 valence electrons. The normalized spacial score (nSPS) is 11.7. The Morgan fingerprint density at radius 3 is 2.41 bits per heavy atom. The molecule has 2 aromatic heterocycles. The summed E-state index contributed by atoms with van der Waals surface area (Å²) in [5.74, 6) is 0. The van der Waals surface area contributed by atoms with E-state index in [1.165, 1.54) is 10.9 Å². The fraction of sp³-hybridized carbons (Fsp3) is 0.105. The van der Waals surface area contributed by atoms with E-state index >= 15 is 0 Å². The maximum absolute atomic E-state index is 12.8. The van der Waals surface area contributed by atoms with Crippen LogP contribution in [0.1, 0.15) is 16.8 Å². The number of rotatable bonds is 3. The highest BCUT2D eigenvalue weighted by atomic mass is 79.9. The van der Waals surface area contributed by atoms with E-state index in [9.17, 15) is 9.59 Å². The molecular weight excluding hydrogens is 410 g/mol. The Balaban J connectivity index is 1.74. The van der Waals surface area contributed by atoms with E-state index in [2.05, 4.69) is 36.0 Å². The summed E-state index contributed by atoms with van der Waals surface area (Å²) < 4.78 is 2.21. The molecule has 27 heavy (non-hydrogen) atoms. The first-order valence-corrected chi connectivity index (χ1v) is 9.06. The second-order valence-corrected chi connectivity index (χ2v) is 7.17. The van der Waals surface area contributed by atoms with Gasteiger partial charge in [-0.3, -0.25) is 14.9 Å². The Hall–Kier alpha value is -3.13. The van der Waals surface area contributed by atoms with Crippen LogP contribution in [0, 0.1) is 13.8 Å². The van der Waals surface area contributed by atoms with E-state index in [1.54, 1.807) is 12.1 Å². The fourth-order valence-electron chi connectivity index (χ4n) is 2.86. The number of hydrogen-bond acceptors (Lipinski definition) is 3. The Morgan fingerprint density at radius 1 is 1.04 bits per heavy atom. The second-order valence-electron chi connectivity index (χ2n) is 6.31. The van der Waals surface area contributed by atoms with Crippen LogP contribution in [-0.2, 0) is 0 Å². The average molecular weight is 426 g/mol. The van der Waals surface area contributed by atoms with Crippen molar-refractivity contribution in [2.24, 2.45) is 4.99 Å². The molecule has 0 aliphatic heterocycles. The summed E-state index contributed by atoms with van der Waals surface area (Å²) in [6.07, 6.45) is 1.54. The quantitative estimate of drug-likeness (QED) is 0.437. The Morgan fingerprint density at radius 2 is 1.70 bits per heavy atom. The van der Waals surface area contributed by atoms with E-state index in [1.807, 2.05) is 38.1 Å². The maximum Gasteiger partial charge on any atom is 0.323 e. The van der Waals surface area contributed by atoms with E-state index in [0.29, 0.717) is 26.8 Å². The summed E-state index contributed by atoms with van der Waals surface area (Å²) in [6.45, 7) is 3.83. The van der Waals surface area contributed by atoms with Crippen LogP contribution in [0.25, 0.3) is 16.7 Å². The van der Waals surface area contributed by atoms with Crippen molar-refractivity contribution in [1.82, 2.24) is 19.7 Å². The molecule has 0 spiro atoms. The number of aromatic amines is 3. The van der Waals surface area contributed by atoms with Crippen LogP contribution in [0.4, 0.5) is 5.69 Å². The smallest absolute Gasteiger partial charge is 0.306 e. The molecule has 2 heterocycles. The summed E-state index contributed by atoms with van der Waals surface area (Å²) in [5, 5.41) is 3.08. The average Bonchev–Trinajstić information content (AvgIpc) is 3.12. The lowest BCUT2D eigenvalue weighted by Crippen LogP contribution is -2.17. The molecule has 4 aromatic rings. The summed E-state index contributed by atoms with van der Waals surface area (Å²) in [7, 11) is 0. The van der Waals surface area contributed by atoms with E-state index in [4.69, 9.17) is 0 Å². The van der Waals surface area contributed by atoms with Crippen LogP contribution in [0.15, 0.2) is 55.5 Å². The zero-order chi connectivity index (χ0) is 19.1. The van der Waals surface area contributed by atoms with Crippen LogP contribution < -0.4 is 11.2 Å². The molecule has 0 amide bonds. The molecule has 0 saturated heterocycles. The molecule has 0 saturated carbocycles. The van der Waals surface area contributed by atoms with Crippen molar-refractivity contribution in [2.45, 2.75) is 13.8 Å². The lowest BCUT2D eigenvalue weighted by Gasteiger charge is -2.01. The number of benzene rings is 2. The number of fused-ring (bicyclic) bond motifs is 1. The van der Waals surface area contributed by atoms with Crippen LogP contribution >= 0.6 is 15.9 Å². The number of imidazole rings is 1. The van der Waals surface area contributed by atoms with Gasteiger partial charge in [-0.25, -0.2) is 9.48 Å². The molecule has 0 bridgehead atoms. The molecule has 0 unspecified atom stereocenters.